The van der Waals surface area contributed by atoms with Gasteiger partial charge < -0.3 is 19.9 Å². The monoisotopic (exact) mass is 609 g/mol. The van der Waals surface area contributed by atoms with E-state index in [1.165, 1.54) is 16.7 Å². The van der Waals surface area contributed by atoms with Crippen molar-refractivity contribution in [1.82, 2.24) is 19.6 Å². The number of nitrogens with zero attached hydrogens (tertiary/aromatic N) is 4. The Labute approximate surface area is 232 Å². The molecule has 12 heteroatoms. The number of rotatable bonds is 7. The Morgan fingerprint density at radius 3 is 2.76 bits per heavy atom. The maximum Gasteiger partial charge on any atom is 0.246 e. The van der Waals surface area contributed by atoms with E-state index >= 15 is 0 Å². The van der Waals surface area contributed by atoms with Crippen LogP contribution in [0.1, 0.15) is 31.0 Å². The Morgan fingerprint density at radius 2 is 2.03 bits per heavy atom. The molecule has 1 fully saturated rings. The minimum atomic E-state index is -0.553. The fraction of sp³-hybridized carbons (Fsp3) is 0.360. The lowest BCUT2D eigenvalue weighted by Gasteiger charge is -2.24. The second kappa shape index (κ2) is 11.3. The largest absolute Gasteiger partial charge is 0.485 e. The van der Waals surface area contributed by atoms with Crippen LogP contribution in [0.15, 0.2) is 35.1 Å². The van der Waals surface area contributed by atoms with Gasteiger partial charge in [0.05, 0.1) is 22.9 Å². The maximum absolute atomic E-state index is 12.9. The smallest absolute Gasteiger partial charge is 0.246 e. The van der Waals surface area contributed by atoms with E-state index in [1.807, 2.05) is 23.6 Å². The molecule has 0 unspecified atom stereocenters. The lowest BCUT2D eigenvalue weighted by Crippen LogP contribution is -2.48. The van der Waals surface area contributed by atoms with Gasteiger partial charge in [-0.3, -0.25) is 18.8 Å². The molecule has 0 bridgehead atoms. The van der Waals surface area contributed by atoms with Crippen molar-refractivity contribution in [3.05, 3.63) is 56.4 Å². The number of fused-ring (bicyclic) bond motifs is 1. The second-order valence-electron chi connectivity index (χ2n) is 8.74. The molecule has 3 aromatic rings. The summed E-state index contributed by atoms with van der Waals surface area (Å²) in [5.41, 5.74) is 2.40. The van der Waals surface area contributed by atoms with Crippen LogP contribution in [0.3, 0.4) is 0 Å². The number of aryl methyl sites for hydroxylation is 1. The number of carbonyl (C=O) groups excluding carboxylic acids is 3. The van der Waals surface area contributed by atoms with Crippen molar-refractivity contribution < 1.29 is 19.1 Å². The van der Waals surface area contributed by atoms with Crippen LogP contribution in [-0.4, -0.2) is 58.2 Å². The number of pyridine rings is 1. The zero-order valence-corrected chi connectivity index (χ0v) is 23.7. The summed E-state index contributed by atoms with van der Waals surface area (Å²) in [6.07, 6.45) is 3.20. The Morgan fingerprint density at radius 1 is 1.27 bits per heavy atom. The van der Waals surface area contributed by atoms with Crippen LogP contribution < -0.4 is 15.0 Å². The summed E-state index contributed by atoms with van der Waals surface area (Å²) in [6.45, 7) is 3.68. The molecule has 0 aliphatic carbocycles. The molecule has 1 aliphatic heterocycles. The van der Waals surface area contributed by atoms with Gasteiger partial charge in [0.25, 0.3) is 0 Å². The molecule has 4 rings (SSSR count). The summed E-state index contributed by atoms with van der Waals surface area (Å²) in [5.74, 6) is -0.330. The summed E-state index contributed by atoms with van der Waals surface area (Å²) in [4.78, 5) is 44.6. The van der Waals surface area contributed by atoms with Gasteiger partial charge in [-0.2, -0.15) is 0 Å². The number of aromatic nitrogens is 2. The highest BCUT2D eigenvalue weighted by Crippen LogP contribution is 2.35. The fourth-order valence-electron chi connectivity index (χ4n) is 4.32. The van der Waals surface area contributed by atoms with Gasteiger partial charge >= 0.3 is 0 Å². The van der Waals surface area contributed by atoms with E-state index in [0.717, 1.165) is 16.7 Å². The van der Waals surface area contributed by atoms with Gasteiger partial charge in [0, 0.05) is 37.3 Å². The highest BCUT2D eigenvalue weighted by molar-refractivity contribution is 9.10. The average molecular weight is 611 g/mol. The van der Waals surface area contributed by atoms with Crippen molar-refractivity contribution >= 4 is 68.2 Å². The van der Waals surface area contributed by atoms with E-state index in [0.29, 0.717) is 40.6 Å². The van der Waals surface area contributed by atoms with E-state index in [1.54, 1.807) is 25.2 Å². The summed E-state index contributed by atoms with van der Waals surface area (Å²) >= 11 is 16.6. The maximum atomic E-state index is 12.9. The number of halogens is 3. The molecule has 196 valence electrons. The number of carbonyl (C=O) groups is 3. The molecule has 37 heavy (non-hydrogen) atoms. The summed E-state index contributed by atoms with van der Waals surface area (Å²) in [5, 5.41) is 3.30. The van der Waals surface area contributed by atoms with E-state index in [4.69, 9.17) is 27.9 Å². The average Bonchev–Trinajstić information content (AvgIpc) is 3.47. The molecular formula is C25H26BrCl2N5O4. The number of amides is 3. The number of likely N-dealkylation sites (N-methyl/N-ethyl adjacent to an activating group) is 1. The van der Waals surface area contributed by atoms with Crippen molar-refractivity contribution in [3.63, 3.8) is 0 Å². The lowest BCUT2D eigenvalue weighted by atomic mass is 10.2. The molecule has 9 nitrogen and oxygen atoms in total. The number of anilines is 1. The molecule has 1 aromatic carbocycles. The molecular weight excluding hydrogens is 585 g/mol. The molecule has 0 saturated carbocycles. The van der Waals surface area contributed by atoms with Crippen LogP contribution >= 0.6 is 39.1 Å². The SMILES string of the molecule is CC(=O)N1CCC[C@@H]1C(=O)NCC(=O)N(C)c1ccc(Cl)c(COc2cccn3c(Br)c(C)nc23)c1Cl. The Hall–Kier alpha value is -2.82. The third kappa shape index (κ3) is 5.56. The number of hydrogen-bond donors (Lipinski definition) is 1. The Kier molecular flexibility index (Phi) is 8.30. The van der Waals surface area contributed by atoms with Crippen molar-refractivity contribution in [2.45, 2.75) is 39.3 Å². The predicted molar refractivity (Wildman–Crippen MR) is 145 cm³/mol. The van der Waals surface area contributed by atoms with Crippen molar-refractivity contribution in [1.29, 1.82) is 0 Å². The standard InChI is InChI=1S/C25H26BrCl2N5O4/c1-14-23(26)33-11-5-7-20(24(33)30-14)37-13-16-17(27)8-9-18(22(16)28)31(3)21(35)12-29-25(36)19-6-4-10-32(19)15(2)34/h5,7-9,11,19H,4,6,10,12-13H2,1-3H3,(H,29,36)/t19-/m1/s1. The minimum absolute atomic E-state index is 0.0516. The zero-order valence-electron chi connectivity index (χ0n) is 20.6. The first-order valence-corrected chi connectivity index (χ1v) is 13.2. The first-order chi connectivity index (χ1) is 17.6. The van der Waals surface area contributed by atoms with E-state index in [-0.39, 0.29) is 35.9 Å². The van der Waals surface area contributed by atoms with Gasteiger partial charge in [0.2, 0.25) is 17.7 Å². The van der Waals surface area contributed by atoms with Crippen LogP contribution in [0.25, 0.3) is 5.65 Å². The zero-order chi connectivity index (χ0) is 26.9. The topological polar surface area (TPSA) is 96.2 Å². The number of ether oxygens (including phenoxy) is 1. The van der Waals surface area contributed by atoms with Gasteiger partial charge in [-0.25, -0.2) is 4.98 Å². The van der Waals surface area contributed by atoms with E-state index < -0.39 is 6.04 Å². The van der Waals surface area contributed by atoms with Gasteiger partial charge in [0.15, 0.2) is 11.4 Å². The molecule has 2 aromatic heterocycles. The number of nitrogens with one attached hydrogen (secondary N) is 1. The highest BCUT2D eigenvalue weighted by atomic mass is 79.9. The molecule has 3 amide bonds. The van der Waals surface area contributed by atoms with Crippen molar-refractivity contribution in [2.75, 3.05) is 25.0 Å². The van der Waals surface area contributed by atoms with Crippen LogP contribution in [0.4, 0.5) is 5.69 Å². The number of benzene rings is 1. The van der Waals surface area contributed by atoms with Gasteiger partial charge in [-0.05, 0) is 60.0 Å². The van der Waals surface area contributed by atoms with Crippen LogP contribution in [-0.2, 0) is 21.0 Å². The van der Waals surface area contributed by atoms with Crippen molar-refractivity contribution in [2.24, 2.45) is 0 Å². The van der Waals surface area contributed by atoms with E-state index in [2.05, 4.69) is 26.2 Å². The van der Waals surface area contributed by atoms with Crippen LogP contribution in [0, 0.1) is 6.92 Å². The Bertz CT molecular complexity index is 1380. The third-order valence-corrected chi connectivity index (χ3v) is 8.09. The van der Waals surface area contributed by atoms with E-state index in [9.17, 15) is 14.4 Å². The molecule has 1 atom stereocenters. The van der Waals surface area contributed by atoms with Gasteiger partial charge in [0.1, 0.15) is 17.3 Å². The fourth-order valence-corrected chi connectivity index (χ4v) is 5.30. The second-order valence-corrected chi connectivity index (χ2v) is 10.3. The molecule has 1 N–H and O–H groups in total. The summed E-state index contributed by atoms with van der Waals surface area (Å²) in [7, 11) is 1.57. The number of imidazole rings is 1. The molecule has 0 spiro atoms. The Balaban J connectivity index is 1.45. The molecule has 3 heterocycles. The predicted octanol–water partition coefficient (Wildman–Crippen LogP) is 4.38. The summed E-state index contributed by atoms with van der Waals surface area (Å²) in [6, 6.07) is 6.37. The lowest BCUT2D eigenvalue weighted by molar-refractivity contribution is -0.137. The first kappa shape index (κ1) is 27.2. The molecule has 1 aliphatic rings. The third-order valence-electron chi connectivity index (χ3n) is 6.36. The number of hydrogen-bond acceptors (Lipinski definition) is 5. The first-order valence-electron chi connectivity index (χ1n) is 11.6. The van der Waals surface area contributed by atoms with Crippen molar-refractivity contribution in [3.8, 4) is 5.75 Å². The molecule has 1 saturated heterocycles. The van der Waals surface area contributed by atoms with Gasteiger partial charge in [-0.15, -0.1) is 0 Å². The quantitative estimate of drug-likeness (QED) is 0.428. The number of likely N-dealkylation sites (tertiary alicyclic amines) is 1. The van der Waals surface area contributed by atoms with Crippen LogP contribution in [0.2, 0.25) is 10.0 Å². The van der Waals surface area contributed by atoms with Gasteiger partial charge in [-0.1, -0.05) is 23.2 Å². The van der Waals surface area contributed by atoms with Crippen LogP contribution in [0.5, 0.6) is 5.75 Å². The summed E-state index contributed by atoms with van der Waals surface area (Å²) < 4.78 is 8.73. The molecule has 0 radical (unpaired) electrons. The normalized spacial score (nSPS) is 15.2. The minimum Gasteiger partial charge on any atom is -0.485 e. The highest BCUT2D eigenvalue weighted by Gasteiger charge is 2.32.